The normalized spacial score (nSPS) is 17.6. The lowest BCUT2D eigenvalue weighted by Crippen LogP contribution is -2.33. The van der Waals surface area contributed by atoms with E-state index in [1.807, 2.05) is 60.7 Å². The van der Waals surface area contributed by atoms with Crippen LogP contribution in [0.2, 0.25) is 5.02 Å². The molecular weight excluding hydrogens is 496 g/mol. The lowest BCUT2D eigenvalue weighted by Gasteiger charge is -2.37. The van der Waals surface area contributed by atoms with Gasteiger partial charge in [0.2, 0.25) is 0 Å². The summed E-state index contributed by atoms with van der Waals surface area (Å²) in [4.78, 5) is 16.0. The van der Waals surface area contributed by atoms with Crippen LogP contribution in [0.1, 0.15) is 59.4 Å². The highest BCUT2D eigenvalue weighted by Gasteiger charge is 2.54. The number of nitrogens with zero attached hydrogens (tertiary/aromatic N) is 1. The summed E-state index contributed by atoms with van der Waals surface area (Å²) in [6.07, 6.45) is 0. The van der Waals surface area contributed by atoms with Crippen LogP contribution >= 0.6 is 11.6 Å². The van der Waals surface area contributed by atoms with Gasteiger partial charge in [-0.3, -0.25) is 0 Å². The number of carbonyl (C=O) groups is 1. The molecule has 5 nitrogen and oxygen atoms in total. The average Bonchev–Trinajstić information content (AvgIpc) is 3.24. The topological polar surface area (TPSA) is 50.8 Å². The predicted molar refractivity (Wildman–Crippen MR) is 152 cm³/mol. The van der Waals surface area contributed by atoms with Gasteiger partial charge in [-0.15, -0.1) is 0 Å². The van der Waals surface area contributed by atoms with Crippen LogP contribution in [0, 0.1) is 0 Å². The molecule has 6 heteroatoms. The second kappa shape index (κ2) is 9.41. The van der Waals surface area contributed by atoms with Gasteiger partial charge >= 0.3 is 5.97 Å². The van der Waals surface area contributed by atoms with Gasteiger partial charge in [0.15, 0.2) is 11.4 Å². The summed E-state index contributed by atoms with van der Waals surface area (Å²) < 4.78 is 12.8. The summed E-state index contributed by atoms with van der Waals surface area (Å²) in [5.41, 5.74) is 4.53. The molecule has 4 aromatic rings. The molecule has 0 saturated heterocycles. The molecule has 2 aliphatic heterocycles. The summed E-state index contributed by atoms with van der Waals surface area (Å²) in [5, 5.41) is 4.01. The zero-order valence-corrected chi connectivity index (χ0v) is 22.4. The van der Waals surface area contributed by atoms with Gasteiger partial charge in [-0.2, -0.15) is 0 Å². The molecule has 0 amide bonds. The maximum absolute atomic E-state index is 13.7. The van der Waals surface area contributed by atoms with Gasteiger partial charge in [0.05, 0.1) is 10.6 Å². The molecule has 2 heterocycles. The van der Waals surface area contributed by atoms with Gasteiger partial charge in [-0.05, 0) is 50.6 Å². The van der Waals surface area contributed by atoms with E-state index in [2.05, 4.69) is 49.2 Å². The van der Waals surface area contributed by atoms with Crippen molar-refractivity contribution < 1.29 is 14.3 Å². The predicted octanol–water partition coefficient (Wildman–Crippen LogP) is 7.93. The van der Waals surface area contributed by atoms with Crippen LogP contribution in [0.4, 0.5) is 11.4 Å². The second-order valence-electron chi connectivity index (χ2n) is 9.65. The first-order chi connectivity index (χ1) is 18.5. The Morgan fingerprint density at radius 2 is 1.63 bits per heavy atom. The van der Waals surface area contributed by atoms with Crippen LogP contribution < -0.4 is 15.0 Å². The molecule has 1 spiro atoms. The molecule has 4 aromatic carbocycles. The number of hydrogen-bond donors (Lipinski definition) is 1. The number of carbonyl (C=O) groups excluding carboxylic acids is 1. The number of para-hydroxylation sites is 1. The molecule has 0 aromatic heterocycles. The quantitative estimate of drug-likeness (QED) is 0.259. The van der Waals surface area contributed by atoms with Gasteiger partial charge in [0.1, 0.15) is 5.75 Å². The average molecular weight is 525 g/mol. The number of hydrogen-bond acceptors (Lipinski definition) is 5. The van der Waals surface area contributed by atoms with Gasteiger partial charge in [0, 0.05) is 53.3 Å². The number of fused-ring (bicyclic) bond motifs is 6. The zero-order chi connectivity index (χ0) is 26.4. The third-order valence-corrected chi connectivity index (χ3v) is 7.89. The molecular formula is C32H29ClN2O3. The minimum absolute atomic E-state index is 0.00705. The van der Waals surface area contributed by atoms with Crippen molar-refractivity contribution in [3.05, 3.63) is 118 Å². The van der Waals surface area contributed by atoms with Crippen LogP contribution in [0.15, 0.2) is 84.9 Å². The Kier molecular flexibility index (Phi) is 6.04. The Balaban J connectivity index is 1.54. The van der Waals surface area contributed by atoms with E-state index >= 15 is 0 Å². The van der Waals surface area contributed by atoms with E-state index in [1.165, 1.54) is 0 Å². The van der Waals surface area contributed by atoms with E-state index in [-0.39, 0.29) is 12.0 Å². The molecule has 38 heavy (non-hydrogen) atoms. The number of ether oxygens (including phenoxy) is 2. The SMILES string of the molecule is CCN(CC)c1ccc2c(c1)Oc1c(Cl)cccc1C21OC(=O)c2c(NC(C)c3ccccc3)cccc21. The summed E-state index contributed by atoms with van der Waals surface area (Å²) in [7, 11) is 0. The fourth-order valence-corrected chi connectivity index (χ4v) is 5.92. The fraction of sp³-hybridized carbons (Fsp3) is 0.219. The number of esters is 1. The molecule has 0 radical (unpaired) electrons. The number of benzene rings is 4. The fourth-order valence-electron chi connectivity index (χ4n) is 5.71. The molecule has 0 saturated carbocycles. The van der Waals surface area contributed by atoms with Crippen molar-refractivity contribution in [2.75, 3.05) is 23.3 Å². The van der Waals surface area contributed by atoms with Gasteiger partial charge in [-0.25, -0.2) is 4.79 Å². The highest BCUT2D eigenvalue weighted by atomic mass is 35.5. The van der Waals surface area contributed by atoms with Gasteiger partial charge < -0.3 is 19.7 Å². The Morgan fingerprint density at radius 1 is 0.895 bits per heavy atom. The smallest absolute Gasteiger partial charge is 0.342 e. The standard InChI is InChI=1S/C32H29ClN2O3/c1-4-35(5-2)22-17-18-23-28(19-22)37-30-25(14-9-15-26(30)33)32(23)24-13-10-16-27(29(24)31(36)38-32)34-20(3)21-11-7-6-8-12-21/h6-20,34H,4-5H2,1-3H3. The first-order valence-electron chi connectivity index (χ1n) is 13.0. The number of rotatable bonds is 6. The van der Waals surface area contributed by atoms with Crippen molar-refractivity contribution in [3.63, 3.8) is 0 Å². The maximum Gasteiger partial charge on any atom is 0.342 e. The van der Waals surface area contributed by atoms with E-state index in [0.717, 1.165) is 41.2 Å². The van der Waals surface area contributed by atoms with Crippen molar-refractivity contribution in [1.29, 1.82) is 0 Å². The van der Waals surface area contributed by atoms with Crippen molar-refractivity contribution >= 4 is 28.9 Å². The van der Waals surface area contributed by atoms with Gasteiger partial charge in [0.25, 0.3) is 0 Å². The van der Waals surface area contributed by atoms with Crippen molar-refractivity contribution in [1.82, 2.24) is 0 Å². The number of halogens is 1. The highest BCUT2D eigenvalue weighted by Crippen LogP contribution is 2.58. The number of nitrogens with one attached hydrogen (secondary N) is 1. The zero-order valence-electron chi connectivity index (χ0n) is 21.6. The lowest BCUT2D eigenvalue weighted by atomic mass is 9.77. The Morgan fingerprint density at radius 3 is 2.39 bits per heavy atom. The van der Waals surface area contributed by atoms with Crippen molar-refractivity contribution in [3.8, 4) is 11.5 Å². The Bertz CT molecular complexity index is 1530. The van der Waals surface area contributed by atoms with Gasteiger partial charge in [-0.1, -0.05) is 66.2 Å². The van der Waals surface area contributed by atoms with E-state index < -0.39 is 5.60 Å². The van der Waals surface area contributed by atoms with Crippen LogP contribution in [-0.4, -0.2) is 19.1 Å². The van der Waals surface area contributed by atoms with E-state index in [9.17, 15) is 4.79 Å². The minimum atomic E-state index is -1.17. The van der Waals surface area contributed by atoms with Crippen LogP contribution in [0.25, 0.3) is 0 Å². The second-order valence-corrected chi connectivity index (χ2v) is 10.1. The number of anilines is 2. The molecule has 2 atom stereocenters. The molecule has 0 aliphatic carbocycles. The van der Waals surface area contributed by atoms with Crippen LogP contribution in [-0.2, 0) is 10.3 Å². The summed E-state index contributed by atoms with van der Waals surface area (Å²) in [6, 6.07) is 27.7. The lowest BCUT2D eigenvalue weighted by molar-refractivity contribution is 0.0225. The molecule has 0 bridgehead atoms. The largest absolute Gasteiger partial charge is 0.455 e. The minimum Gasteiger partial charge on any atom is -0.455 e. The summed E-state index contributed by atoms with van der Waals surface area (Å²) >= 11 is 6.67. The molecule has 2 aliphatic rings. The first kappa shape index (κ1) is 24.4. The van der Waals surface area contributed by atoms with E-state index in [4.69, 9.17) is 21.1 Å². The Hall–Kier alpha value is -3.96. The third-order valence-electron chi connectivity index (χ3n) is 7.60. The molecule has 0 fully saturated rings. The van der Waals surface area contributed by atoms with Crippen LogP contribution in [0.5, 0.6) is 11.5 Å². The maximum atomic E-state index is 13.7. The molecule has 2 unspecified atom stereocenters. The summed E-state index contributed by atoms with van der Waals surface area (Å²) in [5.74, 6) is 0.761. The molecule has 6 rings (SSSR count). The van der Waals surface area contributed by atoms with E-state index in [1.54, 1.807) is 6.07 Å². The van der Waals surface area contributed by atoms with E-state index in [0.29, 0.717) is 27.6 Å². The molecule has 1 N–H and O–H groups in total. The van der Waals surface area contributed by atoms with Crippen molar-refractivity contribution in [2.45, 2.75) is 32.4 Å². The third kappa shape index (κ3) is 3.64. The highest BCUT2D eigenvalue weighted by molar-refractivity contribution is 6.32. The van der Waals surface area contributed by atoms with Crippen molar-refractivity contribution in [2.24, 2.45) is 0 Å². The summed E-state index contributed by atoms with van der Waals surface area (Å²) in [6.45, 7) is 8.06. The Labute approximate surface area is 228 Å². The molecule has 192 valence electrons. The monoisotopic (exact) mass is 524 g/mol. The first-order valence-corrected chi connectivity index (χ1v) is 13.4. The van der Waals surface area contributed by atoms with Crippen LogP contribution in [0.3, 0.4) is 0 Å².